The van der Waals surface area contributed by atoms with Crippen molar-refractivity contribution in [3.8, 4) is 0 Å². The minimum atomic E-state index is 0.573. The molecule has 0 saturated heterocycles. The minimum absolute atomic E-state index is 0.573. The van der Waals surface area contributed by atoms with Gasteiger partial charge in [0.25, 0.3) is 0 Å². The van der Waals surface area contributed by atoms with E-state index in [4.69, 9.17) is 4.74 Å². The molecule has 0 amide bonds. The highest BCUT2D eigenvalue weighted by Crippen LogP contribution is 2.32. The van der Waals surface area contributed by atoms with Crippen LogP contribution in [0, 0.1) is 11.8 Å². The summed E-state index contributed by atoms with van der Waals surface area (Å²) in [7, 11) is 1.74. The van der Waals surface area contributed by atoms with Gasteiger partial charge in [0.05, 0.1) is 0 Å². The van der Waals surface area contributed by atoms with E-state index in [0.29, 0.717) is 6.04 Å². The average Bonchev–Trinajstić information content (AvgIpc) is 2.92. The number of hydrogen-bond acceptors (Lipinski definition) is 3. The third-order valence-corrected chi connectivity index (χ3v) is 4.24. The fourth-order valence-corrected chi connectivity index (χ4v) is 2.74. The molecule has 18 heavy (non-hydrogen) atoms. The van der Waals surface area contributed by atoms with Crippen LogP contribution in [0.2, 0.25) is 0 Å². The predicted octanol–water partition coefficient (Wildman–Crippen LogP) is 2.77. The molecule has 1 aliphatic rings. The summed E-state index contributed by atoms with van der Waals surface area (Å²) in [6.07, 6.45) is 7.52. The topological polar surface area (TPSA) is 39.1 Å². The monoisotopic (exact) mass is 251 g/mol. The van der Waals surface area contributed by atoms with Gasteiger partial charge in [-0.25, -0.2) is 4.98 Å². The van der Waals surface area contributed by atoms with Crippen LogP contribution >= 0.6 is 0 Å². The van der Waals surface area contributed by atoms with Crippen molar-refractivity contribution in [2.45, 2.75) is 45.7 Å². The summed E-state index contributed by atoms with van der Waals surface area (Å²) in [4.78, 5) is 4.43. The Morgan fingerprint density at radius 3 is 2.94 bits per heavy atom. The van der Waals surface area contributed by atoms with E-state index in [2.05, 4.69) is 28.7 Å². The standard InChI is InChI=1S/C14H25N3O/c1-11-5-6-13(12(11)2)16-14-15-7-9-17(14)8-4-10-18-3/h7,9,11-13H,4-6,8,10H2,1-3H3,(H,15,16). The van der Waals surface area contributed by atoms with Crippen molar-refractivity contribution >= 4 is 5.95 Å². The number of aryl methyl sites for hydroxylation is 1. The van der Waals surface area contributed by atoms with Gasteiger partial charge < -0.3 is 14.6 Å². The molecular weight excluding hydrogens is 226 g/mol. The third-order valence-electron chi connectivity index (χ3n) is 4.24. The number of imidazole rings is 1. The molecule has 0 aliphatic heterocycles. The maximum atomic E-state index is 5.09. The van der Waals surface area contributed by atoms with Gasteiger partial charge in [-0.3, -0.25) is 0 Å². The Kier molecular flexibility index (Phi) is 4.64. The lowest BCUT2D eigenvalue weighted by Crippen LogP contribution is -2.26. The van der Waals surface area contributed by atoms with Gasteiger partial charge in [0.2, 0.25) is 5.95 Å². The van der Waals surface area contributed by atoms with Crippen LogP contribution in [0.15, 0.2) is 12.4 Å². The number of aromatic nitrogens is 2. The summed E-state index contributed by atoms with van der Waals surface area (Å²) < 4.78 is 7.28. The van der Waals surface area contributed by atoms with Gasteiger partial charge in [0.15, 0.2) is 0 Å². The molecule has 102 valence electrons. The first-order valence-corrected chi connectivity index (χ1v) is 6.99. The summed E-state index contributed by atoms with van der Waals surface area (Å²) >= 11 is 0. The van der Waals surface area contributed by atoms with Crippen molar-refractivity contribution in [2.75, 3.05) is 19.0 Å². The lowest BCUT2D eigenvalue weighted by Gasteiger charge is -2.20. The van der Waals surface area contributed by atoms with Crippen molar-refractivity contribution in [2.24, 2.45) is 11.8 Å². The van der Waals surface area contributed by atoms with Crippen molar-refractivity contribution in [3.63, 3.8) is 0 Å². The van der Waals surface area contributed by atoms with Crippen molar-refractivity contribution in [1.82, 2.24) is 9.55 Å². The molecule has 0 bridgehead atoms. The predicted molar refractivity (Wildman–Crippen MR) is 73.7 cm³/mol. The van der Waals surface area contributed by atoms with Gasteiger partial charge in [-0.1, -0.05) is 13.8 Å². The number of hydrogen-bond donors (Lipinski definition) is 1. The second kappa shape index (κ2) is 6.23. The van der Waals surface area contributed by atoms with Gasteiger partial charge >= 0.3 is 0 Å². The Bertz CT molecular complexity index is 364. The Morgan fingerprint density at radius 1 is 1.44 bits per heavy atom. The number of ether oxygens (including phenoxy) is 1. The fraction of sp³-hybridized carbons (Fsp3) is 0.786. The summed E-state index contributed by atoms with van der Waals surface area (Å²) in [5.41, 5.74) is 0. The number of nitrogens with zero attached hydrogens (tertiary/aromatic N) is 2. The van der Waals surface area contributed by atoms with Crippen molar-refractivity contribution in [1.29, 1.82) is 0 Å². The summed E-state index contributed by atoms with van der Waals surface area (Å²) in [6.45, 7) is 6.45. The van der Waals surface area contributed by atoms with Crippen LogP contribution in [0.5, 0.6) is 0 Å². The van der Waals surface area contributed by atoms with Crippen LogP contribution in [0.3, 0.4) is 0 Å². The van der Waals surface area contributed by atoms with Crippen LogP contribution in [0.4, 0.5) is 5.95 Å². The lowest BCUT2D eigenvalue weighted by atomic mass is 9.98. The zero-order valence-electron chi connectivity index (χ0n) is 11.7. The molecule has 1 aromatic rings. The molecule has 1 aliphatic carbocycles. The molecule has 3 unspecified atom stereocenters. The summed E-state index contributed by atoms with van der Waals surface area (Å²) in [6, 6.07) is 0.573. The molecule has 1 fully saturated rings. The summed E-state index contributed by atoms with van der Waals surface area (Å²) in [5.74, 6) is 2.56. The molecule has 1 N–H and O–H groups in total. The van der Waals surface area contributed by atoms with Crippen LogP contribution in [-0.2, 0) is 11.3 Å². The highest BCUT2D eigenvalue weighted by atomic mass is 16.5. The number of anilines is 1. The van der Waals surface area contributed by atoms with Crippen LogP contribution < -0.4 is 5.32 Å². The van der Waals surface area contributed by atoms with E-state index in [-0.39, 0.29) is 0 Å². The fourth-order valence-electron chi connectivity index (χ4n) is 2.74. The third kappa shape index (κ3) is 3.05. The Labute approximate surface area is 110 Å². The van der Waals surface area contributed by atoms with E-state index in [9.17, 15) is 0 Å². The van der Waals surface area contributed by atoms with E-state index >= 15 is 0 Å². The highest BCUT2D eigenvalue weighted by Gasteiger charge is 2.30. The first-order valence-electron chi connectivity index (χ1n) is 6.99. The molecule has 4 nitrogen and oxygen atoms in total. The highest BCUT2D eigenvalue weighted by molar-refractivity contribution is 5.28. The van der Waals surface area contributed by atoms with Gasteiger partial charge in [-0.2, -0.15) is 0 Å². The van der Waals surface area contributed by atoms with Crippen LogP contribution in [0.1, 0.15) is 33.1 Å². The van der Waals surface area contributed by atoms with Crippen LogP contribution in [-0.4, -0.2) is 29.3 Å². The minimum Gasteiger partial charge on any atom is -0.385 e. The van der Waals surface area contributed by atoms with E-state index in [0.717, 1.165) is 37.4 Å². The quantitative estimate of drug-likeness (QED) is 0.790. The van der Waals surface area contributed by atoms with E-state index in [1.54, 1.807) is 7.11 Å². The Balaban J connectivity index is 1.91. The maximum absolute atomic E-state index is 5.09. The molecule has 3 atom stereocenters. The summed E-state index contributed by atoms with van der Waals surface area (Å²) in [5, 5.41) is 3.61. The number of rotatable bonds is 6. The molecule has 1 aromatic heterocycles. The Hall–Kier alpha value is -1.03. The average molecular weight is 251 g/mol. The van der Waals surface area contributed by atoms with Crippen LogP contribution in [0.25, 0.3) is 0 Å². The normalized spacial score (nSPS) is 27.6. The first-order chi connectivity index (χ1) is 8.72. The molecular formula is C14H25N3O. The molecule has 2 rings (SSSR count). The lowest BCUT2D eigenvalue weighted by molar-refractivity contribution is 0.190. The van der Waals surface area contributed by atoms with Crippen molar-refractivity contribution in [3.05, 3.63) is 12.4 Å². The maximum Gasteiger partial charge on any atom is 0.202 e. The van der Waals surface area contributed by atoms with Crippen molar-refractivity contribution < 1.29 is 4.74 Å². The zero-order valence-corrected chi connectivity index (χ0v) is 11.7. The molecule has 0 aromatic carbocycles. The molecule has 0 spiro atoms. The SMILES string of the molecule is COCCCn1ccnc1NC1CCC(C)C1C. The molecule has 1 heterocycles. The number of methoxy groups -OCH3 is 1. The van der Waals surface area contributed by atoms with Gasteiger partial charge in [0.1, 0.15) is 0 Å². The molecule has 4 heteroatoms. The first kappa shape index (κ1) is 13.4. The van der Waals surface area contributed by atoms with Gasteiger partial charge in [-0.05, 0) is 31.1 Å². The van der Waals surface area contributed by atoms with E-state index in [1.807, 2.05) is 12.4 Å². The second-order valence-corrected chi connectivity index (χ2v) is 5.46. The van der Waals surface area contributed by atoms with Gasteiger partial charge in [0, 0.05) is 38.7 Å². The molecule has 1 saturated carbocycles. The van der Waals surface area contributed by atoms with E-state index < -0.39 is 0 Å². The van der Waals surface area contributed by atoms with Gasteiger partial charge in [-0.15, -0.1) is 0 Å². The Morgan fingerprint density at radius 2 is 2.28 bits per heavy atom. The molecule has 0 radical (unpaired) electrons. The smallest absolute Gasteiger partial charge is 0.202 e. The zero-order chi connectivity index (χ0) is 13.0. The number of nitrogens with one attached hydrogen (secondary N) is 1. The largest absolute Gasteiger partial charge is 0.385 e. The second-order valence-electron chi connectivity index (χ2n) is 5.46. The van der Waals surface area contributed by atoms with E-state index in [1.165, 1.54) is 12.8 Å².